The molecule has 0 aliphatic rings. The number of sulfonamides is 1. The van der Waals surface area contributed by atoms with Gasteiger partial charge in [-0.1, -0.05) is 48.0 Å². The molecule has 0 aromatic heterocycles. The molecule has 0 bridgehead atoms. The molecule has 2 rings (SSSR count). The summed E-state index contributed by atoms with van der Waals surface area (Å²) in [4.78, 5) is 15.0. The summed E-state index contributed by atoms with van der Waals surface area (Å²) >= 11 is 0. The number of hydrogen-bond acceptors (Lipinski definition) is 3. The van der Waals surface area contributed by atoms with E-state index in [1.807, 2.05) is 63.2 Å². The molecule has 2 aromatic carbocycles. The Labute approximate surface area is 168 Å². The van der Waals surface area contributed by atoms with Gasteiger partial charge >= 0.3 is 0 Å². The second-order valence-corrected chi connectivity index (χ2v) is 8.75. The Morgan fingerprint density at radius 3 is 2.04 bits per heavy atom. The molecule has 0 saturated carbocycles. The summed E-state index contributed by atoms with van der Waals surface area (Å²) in [5, 5.41) is 0. The molecule has 1 amide bonds. The van der Waals surface area contributed by atoms with Gasteiger partial charge in [0.25, 0.3) is 0 Å². The fraction of sp³-hybridized carbons (Fsp3) is 0.409. The van der Waals surface area contributed by atoms with Crippen molar-refractivity contribution in [3.63, 3.8) is 0 Å². The number of likely N-dealkylation sites (N-methyl/N-ethyl adjacent to an activating group) is 1. The molecule has 0 radical (unpaired) electrons. The maximum absolute atomic E-state index is 13.2. The maximum Gasteiger partial charge on any atom is 0.241 e. The lowest BCUT2D eigenvalue weighted by Gasteiger charge is -2.26. The van der Waals surface area contributed by atoms with Crippen LogP contribution in [0.3, 0.4) is 0 Å². The lowest BCUT2D eigenvalue weighted by molar-refractivity contribution is -0.132. The number of nitrogens with zero attached hydrogens (tertiary/aromatic N) is 1. The Hall–Kier alpha value is -2.18. The number of benzene rings is 2. The zero-order chi connectivity index (χ0) is 20.9. The van der Waals surface area contributed by atoms with E-state index < -0.39 is 16.1 Å². The monoisotopic (exact) mass is 402 g/mol. The van der Waals surface area contributed by atoms with Crippen LogP contribution in [0.15, 0.2) is 47.4 Å². The third-order valence-corrected chi connectivity index (χ3v) is 6.60. The normalized spacial score (nSPS) is 12.6. The fourth-order valence-electron chi connectivity index (χ4n) is 3.62. The molecule has 152 valence electrons. The van der Waals surface area contributed by atoms with Crippen LogP contribution in [0.25, 0.3) is 0 Å². The van der Waals surface area contributed by atoms with E-state index in [0.29, 0.717) is 30.6 Å². The lowest BCUT2D eigenvalue weighted by atomic mass is 10.1. The van der Waals surface area contributed by atoms with E-state index in [4.69, 9.17) is 0 Å². The average Bonchev–Trinajstić information content (AvgIpc) is 2.61. The number of hydrogen-bond donors (Lipinski definition) is 1. The van der Waals surface area contributed by atoms with Gasteiger partial charge in [-0.15, -0.1) is 0 Å². The van der Waals surface area contributed by atoms with Gasteiger partial charge in [-0.25, -0.2) is 8.42 Å². The van der Waals surface area contributed by atoms with Crippen LogP contribution in [0.4, 0.5) is 0 Å². The molecular formula is C22H30N2O3S. The first kappa shape index (κ1) is 22.1. The zero-order valence-corrected chi connectivity index (χ0v) is 18.1. The van der Waals surface area contributed by atoms with Gasteiger partial charge in [-0.2, -0.15) is 4.72 Å². The van der Waals surface area contributed by atoms with Crippen LogP contribution in [0, 0.1) is 20.8 Å². The van der Waals surface area contributed by atoms with E-state index in [0.717, 1.165) is 11.1 Å². The van der Waals surface area contributed by atoms with Gasteiger partial charge in [0.05, 0.1) is 4.90 Å². The summed E-state index contributed by atoms with van der Waals surface area (Å²) in [5.41, 5.74) is 3.28. The first-order valence-corrected chi connectivity index (χ1v) is 11.1. The van der Waals surface area contributed by atoms with Crippen molar-refractivity contribution in [1.82, 2.24) is 9.62 Å². The van der Waals surface area contributed by atoms with Crippen LogP contribution in [-0.2, 0) is 21.2 Å². The minimum Gasteiger partial charge on any atom is -0.342 e. The molecule has 1 N–H and O–H groups in total. The molecule has 0 spiro atoms. The minimum atomic E-state index is -3.85. The number of nitrogens with one attached hydrogen (secondary N) is 1. The largest absolute Gasteiger partial charge is 0.342 e. The van der Waals surface area contributed by atoms with Crippen molar-refractivity contribution in [3.8, 4) is 0 Å². The summed E-state index contributed by atoms with van der Waals surface area (Å²) in [6.07, 6.45) is 0.305. The number of rotatable bonds is 8. The molecule has 0 saturated heterocycles. The van der Waals surface area contributed by atoms with Crippen molar-refractivity contribution in [2.45, 2.75) is 52.0 Å². The Balaban J connectivity index is 2.42. The summed E-state index contributed by atoms with van der Waals surface area (Å²) in [7, 11) is -3.85. The van der Waals surface area contributed by atoms with Crippen molar-refractivity contribution in [1.29, 1.82) is 0 Å². The molecule has 0 aliphatic carbocycles. The van der Waals surface area contributed by atoms with Crippen LogP contribution in [0.2, 0.25) is 0 Å². The molecule has 28 heavy (non-hydrogen) atoms. The van der Waals surface area contributed by atoms with Gasteiger partial charge in [-0.05, 0) is 57.7 Å². The quantitative estimate of drug-likeness (QED) is 0.736. The smallest absolute Gasteiger partial charge is 0.241 e. The maximum atomic E-state index is 13.2. The van der Waals surface area contributed by atoms with E-state index in [-0.39, 0.29) is 10.8 Å². The van der Waals surface area contributed by atoms with Gasteiger partial charge < -0.3 is 4.90 Å². The average molecular weight is 403 g/mol. The van der Waals surface area contributed by atoms with E-state index in [9.17, 15) is 13.2 Å². The van der Waals surface area contributed by atoms with Gasteiger partial charge in [0.1, 0.15) is 6.04 Å². The van der Waals surface area contributed by atoms with Crippen molar-refractivity contribution in [3.05, 3.63) is 64.7 Å². The Morgan fingerprint density at radius 2 is 1.54 bits per heavy atom. The Morgan fingerprint density at radius 1 is 1.00 bits per heavy atom. The van der Waals surface area contributed by atoms with Crippen molar-refractivity contribution < 1.29 is 13.2 Å². The third kappa shape index (κ3) is 5.20. The topological polar surface area (TPSA) is 66.5 Å². The van der Waals surface area contributed by atoms with E-state index in [1.165, 1.54) is 0 Å². The molecule has 2 aromatic rings. The molecule has 1 atom stereocenters. The highest BCUT2D eigenvalue weighted by atomic mass is 32.2. The van der Waals surface area contributed by atoms with Gasteiger partial charge in [0.2, 0.25) is 15.9 Å². The van der Waals surface area contributed by atoms with Crippen molar-refractivity contribution in [2.75, 3.05) is 13.1 Å². The zero-order valence-electron chi connectivity index (χ0n) is 17.3. The second-order valence-electron chi connectivity index (χ2n) is 7.10. The van der Waals surface area contributed by atoms with Gasteiger partial charge in [-0.3, -0.25) is 4.79 Å². The Kier molecular flexibility index (Phi) is 7.38. The lowest BCUT2D eigenvalue weighted by Crippen LogP contribution is -2.49. The standard InChI is InChI=1S/C22H30N2O3S/c1-6-24(7-2)22(25)20(15-19-11-9-8-10-12-19)23-28(26,27)21-17(4)13-16(3)14-18(21)5/h8-14,20,23H,6-7,15H2,1-5H3/t20-/m0/s1. The number of carbonyl (C=O) groups is 1. The first-order valence-electron chi connectivity index (χ1n) is 9.62. The summed E-state index contributed by atoms with van der Waals surface area (Å²) in [5.74, 6) is -0.208. The van der Waals surface area contributed by atoms with E-state index >= 15 is 0 Å². The molecule has 0 aliphatic heterocycles. The van der Waals surface area contributed by atoms with Gasteiger partial charge in [0.15, 0.2) is 0 Å². The highest BCUT2D eigenvalue weighted by molar-refractivity contribution is 7.89. The van der Waals surface area contributed by atoms with Crippen LogP contribution >= 0.6 is 0 Å². The highest BCUT2D eigenvalue weighted by Gasteiger charge is 2.30. The number of amides is 1. The predicted octanol–water partition coefficient (Wildman–Crippen LogP) is 3.37. The van der Waals surface area contributed by atoms with Crippen LogP contribution in [-0.4, -0.2) is 38.4 Å². The van der Waals surface area contributed by atoms with Crippen molar-refractivity contribution in [2.24, 2.45) is 0 Å². The fourth-order valence-corrected chi connectivity index (χ4v) is 5.26. The molecule has 0 heterocycles. The first-order chi connectivity index (χ1) is 13.2. The number of aryl methyl sites for hydroxylation is 3. The molecular weight excluding hydrogens is 372 g/mol. The molecule has 0 unspecified atom stereocenters. The summed E-state index contributed by atoms with van der Waals surface area (Å²) in [6.45, 7) is 10.4. The van der Waals surface area contributed by atoms with E-state index in [1.54, 1.807) is 18.7 Å². The minimum absolute atomic E-state index is 0.208. The van der Waals surface area contributed by atoms with E-state index in [2.05, 4.69) is 4.72 Å². The highest BCUT2D eigenvalue weighted by Crippen LogP contribution is 2.22. The second kappa shape index (κ2) is 9.34. The molecule has 5 nitrogen and oxygen atoms in total. The molecule has 0 fully saturated rings. The van der Waals surface area contributed by atoms with Crippen LogP contribution in [0.5, 0.6) is 0 Å². The van der Waals surface area contributed by atoms with Gasteiger partial charge in [0, 0.05) is 13.1 Å². The third-order valence-electron chi connectivity index (χ3n) is 4.83. The summed E-state index contributed by atoms with van der Waals surface area (Å²) in [6, 6.07) is 12.3. The van der Waals surface area contributed by atoms with Crippen LogP contribution in [0.1, 0.15) is 36.1 Å². The number of carbonyl (C=O) groups excluding carboxylic acids is 1. The molecule has 6 heteroatoms. The summed E-state index contributed by atoms with van der Waals surface area (Å²) < 4.78 is 29.1. The predicted molar refractivity (Wildman–Crippen MR) is 113 cm³/mol. The SMILES string of the molecule is CCN(CC)C(=O)[C@H](Cc1ccccc1)NS(=O)(=O)c1c(C)cc(C)cc1C. The Bertz CT molecular complexity index is 897. The van der Waals surface area contributed by atoms with Crippen molar-refractivity contribution >= 4 is 15.9 Å². The van der Waals surface area contributed by atoms with Crippen LogP contribution < -0.4 is 4.72 Å².